The molecular formula is C15H21N5O3. The predicted octanol–water partition coefficient (Wildman–Crippen LogP) is 0.980. The van der Waals surface area contributed by atoms with Crippen LogP contribution in [0.4, 0.5) is 5.95 Å². The molecule has 1 atom stereocenters. The lowest BCUT2D eigenvalue weighted by atomic mass is 10.0. The van der Waals surface area contributed by atoms with Crippen molar-refractivity contribution in [2.45, 2.75) is 39.5 Å². The molecular weight excluding hydrogens is 298 g/mol. The highest BCUT2D eigenvalue weighted by Gasteiger charge is 2.21. The summed E-state index contributed by atoms with van der Waals surface area (Å²) in [6, 6.07) is 0. The highest BCUT2D eigenvalue weighted by Crippen LogP contribution is 2.20. The minimum Gasteiger partial charge on any atom is -0.481 e. The first-order valence-electron chi connectivity index (χ1n) is 7.90. The van der Waals surface area contributed by atoms with E-state index in [0.29, 0.717) is 28.9 Å². The Morgan fingerprint density at radius 2 is 2.22 bits per heavy atom. The fraction of sp³-hybridized carbons (Fsp3) is 0.600. The topological polar surface area (TPSA) is 104 Å². The zero-order valence-corrected chi connectivity index (χ0v) is 13.4. The molecule has 1 aliphatic rings. The van der Waals surface area contributed by atoms with Crippen molar-refractivity contribution >= 4 is 17.7 Å². The highest BCUT2D eigenvalue weighted by molar-refractivity contribution is 5.67. The molecule has 2 aromatic rings. The van der Waals surface area contributed by atoms with Gasteiger partial charge in [0.15, 0.2) is 0 Å². The Labute approximate surface area is 133 Å². The largest absolute Gasteiger partial charge is 0.481 e. The summed E-state index contributed by atoms with van der Waals surface area (Å²) in [4.78, 5) is 34.2. The van der Waals surface area contributed by atoms with E-state index in [1.807, 2.05) is 0 Å². The molecule has 8 heteroatoms. The van der Waals surface area contributed by atoms with Gasteiger partial charge in [-0.2, -0.15) is 9.50 Å². The lowest BCUT2D eigenvalue weighted by molar-refractivity contribution is -0.136. The molecule has 0 aliphatic carbocycles. The van der Waals surface area contributed by atoms with Gasteiger partial charge in [-0.25, -0.2) is 4.98 Å². The number of hydrogen-bond donors (Lipinski definition) is 2. The minimum absolute atomic E-state index is 0.0888. The van der Waals surface area contributed by atoms with Crippen molar-refractivity contribution in [2.75, 3.05) is 18.0 Å². The monoisotopic (exact) mass is 319 g/mol. The van der Waals surface area contributed by atoms with Crippen molar-refractivity contribution in [3.63, 3.8) is 0 Å². The zero-order chi connectivity index (χ0) is 16.6. The van der Waals surface area contributed by atoms with E-state index < -0.39 is 5.97 Å². The summed E-state index contributed by atoms with van der Waals surface area (Å²) in [5, 5.41) is 11.8. The number of carboxylic acids is 1. The van der Waals surface area contributed by atoms with Crippen LogP contribution in [-0.4, -0.2) is 43.7 Å². The molecule has 23 heavy (non-hydrogen) atoms. The van der Waals surface area contributed by atoms with Crippen LogP contribution in [0.3, 0.4) is 0 Å². The summed E-state index contributed by atoms with van der Waals surface area (Å²) in [5.74, 6) is 0.645. The Morgan fingerprint density at radius 3 is 2.91 bits per heavy atom. The van der Waals surface area contributed by atoms with Crippen molar-refractivity contribution in [1.29, 1.82) is 0 Å². The third-order valence-corrected chi connectivity index (χ3v) is 4.33. The van der Waals surface area contributed by atoms with E-state index in [4.69, 9.17) is 5.11 Å². The maximum Gasteiger partial charge on any atom is 0.303 e. The van der Waals surface area contributed by atoms with Gasteiger partial charge in [0.25, 0.3) is 11.3 Å². The van der Waals surface area contributed by atoms with Gasteiger partial charge in [0.05, 0.1) is 5.69 Å². The number of aryl methyl sites for hydroxylation is 1. The molecule has 1 aliphatic heterocycles. The van der Waals surface area contributed by atoms with E-state index in [-0.39, 0.29) is 18.4 Å². The highest BCUT2D eigenvalue weighted by atomic mass is 16.4. The second-order valence-corrected chi connectivity index (χ2v) is 6.25. The lowest BCUT2D eigenvalue weighted by Gasteiger charge is -2.30. The number of nitrogens with one attached hydrogen (secondary N) is 1. The molecule has 0 aromatic carbocycles. The molecule has 0 radical (unpaired) electrons. The van der Waals surface area contributed by atoms with Crippen LogP contribution in [0, 0.1) is 12.8 Å². The van der Waals surface area contributed by atoms with Crippen LogP contribution >= 0.6 is 0 Å². The van der Waals surface area contributed by atoms with Crippen LogP contribution in [0.2, 0.25) is 0 Å². The molecule has 3 heterocycles. The van der Waals surface area contributed by atoms with E-state index in [2.05, 4.69) is 26.9 Å². The standard InChI is InChI=1S/C15H21N5O3/c1-9-4-3-7-19(8-9)15-17-14-16-10(2)11(5-6-12(21)22)13(23)20(14)18-15/h9H,3-8H2,1-2H3,(H,21,22)(H,16,17,18). The molecule has 8 nitrogen and oxygen atoms in total. The molecule has 1 unspecified atom stereocenters. The van der Waals surface area contributed by atoms with Crippen LogP contribution in [0.25, 0.3) is 5.78 Å². The third kappa shape index (κ3) is 3.06. The number of nitrogens with zero attached hydrogens (tertiary/aromatic N) is 4. The maximum atomic E-state index is 12.6. The lowest BCUT2D eigenvalue weighted by Crippen LogP contribution is -2.35. The SMILES string of the molecule is Cc1nc2nc(N3CCCC(C)C3)[nH]n2c(=O)c1CCC(=O)O. The number of piperidine rings is 1. The smallest absolute Gasteiger partial charge is 0.303 e. The maximum absolute atomic E-state index is 12.6. The number of H-pyrrole nitrogens is 1. The molecule has 0 amide bonds. The number of aliphatic carboxylic acids is 1. The second kappa shape index (κ2) is 6.02. The van der Waals surface area contributed by atoms with Gasteiger partial charge in [0, 0.05) is 25.1 Å². The first kappa shape index (κ1) is 15.5. The molecule has 3 rings (SSSR count). The summed E-state index contributed by atoms with van der Waals surface area (Å²) in [6.07, 6.45) is 2.39. The van der Waals surface area contributed by atoms with Crippen molar-refractivity contribution in [3.8, 4) is 0 Å². The molecule has 124 valence electrons. The van der Waals surface area contributed by atoms with E-state index >= 15 is 0 Å². The number of carboxylic acid groups (broad SMARTS) is 1. The van der Waals surface area contributed by atoms with Gasteiger partial charge in [0.2, 0.25) is 5.95 Å². The van der Waals surface area contributed by atoms with Crippen molar-refractivity contribution < 1.29 is 9.90 Å². The summed E-state index contributed by atoms with van der Waals surface area (Å²) in [7, 11) is 0. The second-order valence-electron chi connectivity index (χ2n) is 6.25. The number of hydrogen-bond acceptors (Lipinski definition) is 5. The van der Waals surface area contributed by atoms with Gasteiger partial charge in [0.1, 0.15) is 0 Å². The van der Waals surface area contributed by atoms with Crippen molar-refractivity contribution in [2.24, 2.45) is 5.92 Å². The van der Waals surface area contributed by atoms with Gasteiger partial charge in [-0.1, -0.05) is 6.92 Å². The normalized spacial score (nSPS) is 18.5. The van der Waals surface area contributed by atoms with Gasteiger partial charge in [-0.15, -0.1) is 0 Å². The quantitative estimate of drug-likeness (QED) is 0.870. The van der Waals surface area contributed by atoms with Crippen LogP contribution in [0.5, 0.6) is 0 Å². The summed E-state index contributed by atoms with van der Waals surface area (Å²) < 4.78 is 1.32. The number of rotatable bonds is 4. The van der Waals surface area contributed by atoms with Crippen LogP contribution in [-0.2, 0) is 11.2 Å². The summed E-state index contributed by atoms with van der Waals surface area (Å²) in [5.41, 5.74) is 0.700. The number of anilines is 1. The van der Waals surface area contributed by atoms with Crippen LogP contribution in [0.15, 0.2) is 4.79 Å². The number of aromatic nitrogens is 4. The van der Waals surface area contributed by atoms with Gasteiger partial charge in [-0.05, 0) is 32.1 Å². The summed E-state index contributed by atoms with van der Waals surface area (Å²) >= 11 is 0. The van der Waals surface area contributed by atoms with Crippen LogP contribution < -0.4 is 10.5 Å². The van der Waals surface area contributed by atoms with E-state index in [1.54, 1.807) is 6.92 Å². The molecule has 2 aromatic heterocycles. The van der Waals surface area contributed by atoms with Crippen LogP contribution in [0.1, 0.15) is 37.4 Å². The third-order valence-electron chi connectivity index (χ3n) is 4.33. The van der Waals surface area contributed by atoms with Crippen molar-refractivity contribution in [1.82, 2.24) is 19.6 Å². The van der Waals surface area contributed by atoms with Gasteiger partial charge in [-0.3, -0.25) is 14.7 Å². The van der Waals surface area contributed by atoms with E-state index in [9.17, 15) is 9.59 Å². The van der Waals surface area contributed by atoms with E-state index in [0.717, 1.165) is 19.5 Å². The fourth-order valence-electron chi connectivity index (χ4n) is 3.09. The van der Waals surface area contributed by atoms with Gasteiger partial charge >= 0.3 is 5.97 Å². The summed E-state index contributed by atoms with van der Waals surface area (Å²) in [6.45, 7) is 5.73. The Hall–Kier alpha value is -2.38. The number of carbonyl (C=O) groups is 1. The Kier molecular flexibility index (Phi) is 4.06. The zero-order valence-electron chi connectivity index (χ0n) is 13.4. The molecule has 2 N–H and O–H groups in total. The number of aromatic amines is 1. The molecule has 0 saturated carbocycles. The predicted molar refractivity (Wildman–Crippen MR) is 84.9 cm³/mol. The Balaban J connectivity index is 1.97. The average Bonchev–Trinajstić information content (AvgIpc) is 2.91. The van der Waals surface area contributed by atoms with Gasteiger partial charge < -0.3 is 10.0 Å². The Morgan fingerprint density at radius 1 is 1.43 bits per heavy atom. The number of fused-ring (bicyclic) bond motifs is 1. The minimum atomic E-state index is -0.929. The Bertz CT molecular complexity index is 794. The average molecular weight is 319 g/mol. The first-order valence-corrected chi connectivity index (χ1v) is 7.90. The molecule has 1 fully saturated rings. The fourth-order valence-corrected chi connectivity index (χ4v) is 3.09. The molecule has 0 bridgehead atoms. The first-order chi connectivity index (χ1) is 11.0. The molecule has 0 spiro atoms. The van der Waals surface area contributed by atoms with E-state index in [1.165, 1.54) is 10.9 Å². The molecule has 1 saturated heterocycles. The van der Waals surface area contributed by atoms with Crippen molar-refractivity contribution in [3.05, 3.63) is 21.6 Å².